The van der Waals surface area contributed by atoms with Gasteiger partial charge in [0.2, 0.25) is 5.91 Å². The summed E-state index contributed by atoms with van der Waals surface area (Å²) in [5.74, 6) is 0.929. The molecule has 6 heteroatoms. The molecule has 6 nitrogen and oxygen atoms in total. The lowest BCUT2D eigenvalue weighted by Crippen LogP contribution is -2.30. The highest BCUT2D eigenvalue weighted by molar-refractivity contribution is 5.75. The third kappa shape index (κ3) is 8.65. The normalized spacial score (nSPS) is 15.0. The van der Waals surface area contributed by atoms with Crippen LogP contribution in [-0.2, 0) is 11.3 Å². The zero-order valence-electron chi connectivity index (χ0n) is 15.7. The number of ether oxygens (including phenoxy) is 1. The predicted molar refractivity (Wildman–Crippen MR) is 103 cm³/mol. The first kappa shape index (κ1) is 20.7. The van der Waals surface area contributed by atoms with E-state index in [0.717, 1.165) is 18.7 Å². The van der Waals surface area contributed by atoms with Gasteiger partial charge in [-0.1, -0.05) is 18.6 Å². The summed E-state index contributed by atoms with van der Waals surface area (Å²) in [6.07, 6.45) is 5.18. The second-order valence-electron chi connectivity index (χ2n) is 6.76. The fourth-order valence-electron chi connectivity index (χ4n) is 3.09. The predicted octanol–water partition coefficient (Wildman–Crippen LogP) is 1.53. The SMILES string of the molecule is O=C(CCNCCO)NCCCOc1cccc(CN2CCCCC2)c1. The Labute approximate surface area is 156 Å². The summed E-state index contributed by atoms with van der Waals surface area (Å²) < 4.78 is 5.82. The maximum atomic E-state index is 11.6. The molecule has 0 spiro atoms. The second kappa shape index (κ2) is 12.7. The number of carbonyl (C=O) groups is 1. The summed E-state index contributed by atoms with van der Waals surface area (Å²) in [4.78, 5) is 14.1. The summed E-state index contributed by atoms with van der Waals surface area (Å²) >= 11 is 0. The maximum Gasteiger partial charge on any atom is 0.221 e. The van der Waals surface area contributed by atoms with Crippen molar-refractivity contribution in [3.05, 3.63) is 29.8 Å². The lowest BCUT2D eigenvalue weighted by Gasteiger charge is -2.26. The molecule has 26 heavy (non-hydrogen) atoms. The van der Waals surface area contributed by atoms with E-state index in [2.05, 4.69) is 33.7 Å². The van der Waals surface area contributed by atoms with Crippen LogP contribution >= 0.6 is 0 Å². The molecule has 1 aromatic carbocycles. The van der Waals surface area contributed by atoms with Gasteiger partial charge in [-0.3, -0.25) is 9.69 Å². The number of carbonyl (C=O) groups excluding carboxylic acids is 1. The number of nitrogens with zero attached hydrogens (tertiary/aromatic N) is 1. The van der Waals surface area contributed by atoms with Gasteiger partial charge in [-0.05, 0) is 50.0 Å². The van der Waals surface area contributed by atoms with Crippen molar-refractivity contribution in [1.29, 1.82) is 0 Å². The van der Waals surface area contributed by atoms with Gasteiger partial charge in [0.15, 0.2) is 0 Å². The van der Waals surface area contributed by atoms with Gasteiger partial charge in [0.25, 0.3) is 0 Å². The van der Waals surface area contributed by atoms with E-state index in [4.69, 9.17) is 9.84 Å². The first-order chi connectivity index (χ1) is 12.8. The van der Waals surface area contributed by atoms with Crippen molar-refractivity contribution < 1.29 is 14.6 Å². The number of hydrogen-bond acceptors (Lipinski definition) is 5. The molecule has 1 aromatic rings. The molecule has 0 radical (unpaired) electrons. The number of amides is 1. The highest BCUT2D eigenvalue weighted by Crippen LogP contribution is 2.17. The average Bonchev–Trinajstić information content (AvgIpc) is 2.66. The summed E-state index contributed by atoms with van der Waals surface area (Å²) in [6.45, 7) is 5.81. The van der Waals surface area contributed by atoms with Gasteiger partial charge < -0.3 is 20.5 Å². The Morgan fingerprint density at radius 3 is 2.81 bits per heavy atom. The Morgan fingerprint density at radius 2 is 2.00 bits per heavy atom. The van der Waals surface area contributed by atoms with Gasteiger partial charge >= 0.3 is 0 Å². The Bertz CT molecular complexity index is 519. The van der Waals surface area contributed by atoms with Crippen molar-refractivity contribution in [3.8, 4) is 5.75 Å². The van der Waals surface area contributed by atoms with Crippen LogP contribution in [0.15, 0.2) is 24.3 Å². The number of benzene rings is 1. The van der Waals surface area contributed by atoms with Crippen LogP contribution in [-0.4, -0.2) is 61.9 Å². The van der Waals surface area contributed by atoms with Crippen LogP contribution in [0.5, 0.6) is 5.75 Å². The van der Waals surface area contributed by atoms with E-state index < -0.39 is 0 Å². The Morgan fingerprint density at radius 1 is 1.15 bits per heavy atom. The standard InChI is InChI=1S/C20H33N3O3/c24-14-11-21-10-8-20(25)22-9-5-15-26-19-7-4-6-18(16-19)17-23-12-2-1-3-13-23/h4,6-7,16,21,24H,1-3,5,8-15,17H2,(H,22,25). The van der Waals surface area contributed by atoms with Gasteiger partial charge in [0, 0.05) is 32.6 Å². The lowest BCUT2D eigenvalue weighted by atomic mass is 10.1. The lowest BCUT2D eigenvalue weighted by molar-refractivity contribution is -0.121. The van der Waals surface area contributed by atoms with Gasteiger partial charge in [-0.15, -0.1) is 0 Å². The van der Waals surface area contributed by atoms with Crippen LogP contribution in [0.4, 0.5) is 0 Å². The van der Waals surface area contributed by atoms with E-state index in [1.54, 1.807) is 0 Å². The largest absolute Gasteiger partial charge is 0.494 e. The zero-order valence-corrected chi connectivity index (χ0v) is 15.7. The van der Waals surface area contributed by atoms with Gasteiger partial charge in [-0.2, -0.15) is 0 Å². The number of rotatable bonds is 12. The summed E-state index contributed by atoms with van der Waals surface area (Å²) in [6, 6.07) is 8.33. The molecule has 1 heterocycles. The highest BCUT2D eigenvalue weighted by atomic mass is 16.5. The molecule has 1 aliphatic heterocycles. The minimum Gasteiger partial charge on any atom is -0.494 e. The number of aliphatic hydroxyl groups excluding tert-OH is 1. The van der Waals surface area contributed by atoms with E-state index in [1.807, 2.05) is 6.07 Å². The molecule has 0 bridgehead atoms. The van der Waals surface area contributed by atoms with E-state index in [0.29, 0.717) is 32.7 Å². The molecule has 2 rings (SSSR count). The fraction of sp³-hybridized carbons (Fsp3) is 0.650. The fourth-order valence-corrected chi connectivity index (χ4v) is 3.09. The molecule has 1 fully saturated rings. The first-order valence-corrected chi connectivity index (χ1v) is 9.80. The van der Waals surface area contributed by atoms with E-state index in [1.165, 1.54) is 37.9 Å². The van der Waals surface area contributed by atoms with E-state index in [9.17, 15) is 4.79 Å². The quantitative estimate of drug-likeness (QED) is 0.491. The van der Waals surface area contributed by atoms with Crippen molar-refractivity contribution in [1.82, 2.24) is 15.5 Å². The van der Waals surface area contributed by atoms with Crippen molar-refractivity contribution in [2.24, 2.45) is 0 Å². The summed E-state index contributed by atoms with van der Waals surface area (Å²) in [5.41, 5.74) is 1.30. The van der Waals surface area contributed by atoms with E-state index >= 15 is 0 Å². The molecule has 1 amide bonds. The zero-order chi connectivity index (χ0) is 18.5. The monoisotopic (exact) mass is 363 g/mol. The average molecular weight is 364 g/mol. The molecule has 3 N–H and O–H groups in total. The number of nitrogens with one attached hydrogen (secondary N) is 2. The van der Waals surface area contributed by atoms with Crippen molar-refractivity contribution in [2.75, 3.05) is 45.9 Å². The molecule has 0 aliphatic carbocycles. The topological polar surface area (TPSA) is 73.8 Å². The molecule has 0 unspecified atom stereocenters. The van der Waals surface area contributed by atoms with Crippen molar-refractivity contribution >= 4 is 5.91 Å². The minimum absolute atomic E-state index is 0.0268. The van der Waals surface area contributed by atoms with E-state index in [-0.39, 0.29) is 12.5 Å². The molecule has 0 atom stereocenters. The molecule has 1 saturated heterocycles. The second-order valence-corrected chi connectivity index (χ2v) is 6.76. The van der Waals surface area contributed by atoms with Crippen LogP contribution in [0, 0.1) is 0 Å². The van der Waals surface area contributed by atoms with Crippen LogP contribution in [0.3, 0.4) is 0 Å². The molecular formula is C20H33N3O3. The highest BCUT2D eigenvalue weighted by Gasteiger charge is 2.10. The third-order valence-corrected chi connectivity index (χ3v) is 4.48. The van der Waals surface area contributed by atoms with Gasteiger partial charge in [0.05, 0.1) is 13.2 Å². The molecule has 146 valence electrons. The summed E-state index contributed by atoms with van der Waals surface area (Å²) in [7, 11) is 0. The smallest absolute Gasteiger partial charge is 0.221 e. The third-order valence-electron chi connectivity index (χ3n) is 4.48. The Hall–Kier alpha value is -1.63. The number of likely N-dealkylation sites (tertiary alicyclic amines) is 1. The maximum absolute atomic E-state index is 11.6. The molecule has 0 aromatic heterocycles. The summed E-state index contributed by atoms with van der Waals surface area (Å²) in [5, 5.41) is 14.5. The van der Waals surface area contributed by atoms with Crippen molar-refractivity contribution in [3.63, 3.8) is 0 Å². The Kier molecular flexibility index (Phi) is 10.1. The molecule has 1 aliphatic rings. The Balaban J connectivity index is 1.57. The van der Waals surface area contributed by atoms with Crippen LogP contribution in [0.1, 0.15) is 37.7 Å². The van der Waals surface area contributed by atoms with Crippen molar-refractivity contribution in [2.45, 2.75) is 38.6 Å². The number of hydrogen-bond donors (Lipinski definition) is 3. The van der Waals surface area contributed by atoms with Gasteiger partial charge in [-0.25, -0.2) is 0 Å². The van der Waals surface area contributed by atoms with Crippen LogP contribution < -0.4 is 15.4 Å². The number of aliphatic hydroxyl groups is 1. The first-order valence-electron chi connectivity index (χ1n) is 9.80. The van der Waals surface area contributed by atoms with Crippen LogP contribution in [0.25, 0.3) is 0 Å². The van der Waals surface area contributed by atoms with Crippen LogP contribution in [0.2, 0.25) is 0 Å². The number of piperidine rings is 1. The molecular weight excluding hydrogens is 330 g/mol. The van der Waals surface area contributed by atoms with Gasteiger partial charge in [0.1, 0.15) is 5.75 Å². The minimum atomic E-state index is 0.0268. The molecule has 0 saturated carbocycles.